The van der Waals surface area contributed by atoms with Gasteiger partial charge in [-0.3, -0.25) is 4.79 Å². The molecule has 2 aliphatic rings. The molecule has 0 spiro atoms. The number of likely N-dealkylation sites (tertiary alicyclic amines) is 1. The zero-order valence-corrected chi connectivity index (χ0v) is 11.4. The maximum atomic E-state index is 12.2. The van der Waals surface area contributed by atoms with Gasteiger partial charge in [-0.25, -0.2) is 4.79 Å². The summed E-state index contributed by atoms with van der Waals surface area (Å²) in [5, 5.41) is 12.3. The summed E-state index contributed by atoms with van der Waals surface area (Å²) in [5.41, 5.74) is -0.804. The van der Waals surface area contributed by atoms with Gasteiger partial charge < -0.3 is 15.3 Å². The highest BCUT2D eigenvalue weighted by Gasteiger charge is 2.39. The molecule has 106 valence electrons. The number of carboxylic acid groups (broad SMARTS) is 1. The van der Waals surface area contributed by atoms with Crippen molar-refractivity contribution in [2.45, 2.75) is 45.1 Å². The first kappa shape index (κ1) is 13.9. The SMILES string of the molecule is CC1(C(=O)O)CCCN(C(=O)NC2CC=CCC2)C1. The van der Waals surface area contributed by atoms with Gasteiger partial charge in [0.05, 0.1) is 5.41 Å². The molecule has 1 heterocycles. The smallest absolute Gasteiger partial charge is 0.317 e. The average molecular weight is 266 g/mol. The van der Waals surface area contributed by atoms with Gasteiger partial charge >= 0.3 is 12.0 Å². The first-order chi connectivity index (χ1) is 9.01. The molecule has 2 atom stereocenters. The number of hydrogen-bond acceptors (Lipinski definition) is 2. The Morgan fingerprint density at radius 2 is 2.21 bits per heavy atom. The van der Waals surface area contributed by atoms with Gasteiger partial charge in [-0.15, -0.1) is 0 Å². The van der Waals surface area contributed by atoms with Crippen molar-refractivity contribution in [1.82, 2.24) is 10.2 Å². The number of carbonyl (C=O) groups is 2. The molecule has 0 aromatic carbocycles. The first-order valence-electron chi connectivity index (χ1n) is 6.95. The molecule has 1 saturated heterocycles. The lowest BCUT2D eigenvalue weighted by molar-refractivity contribution is -0.150. The van der Waals surface area contributed by atoms with E-state index in [1.165, 1.54) is 0 Å². The molecule has 19 heavy (non-hydrogen) atoms. The molecule has 2 unspecified atom stereocenters. The van der Waals surface area contributed by atoms with Crippen molar-refractivity contribution in [2.75, 3.05) is 13.1 Å². The number of rotatable bonds is 2. The van der Waals surface area contributed by atoms with E-state index in [9.17, 15) is 14.7 Å². The van der Waals surface area contributed by atoms with Gasteiger partial charge in [0.1, 0.15) is 0 Å². The Morgan fingerprint density at radius 3 is 2.84 bits per heavy atom. The summed E-state index contributed by atoms with van der Waals surface area (Å²) in [6, 6.07) is 0.0722. The molecule has 5 nitrogen and oxygen atoms in total. The summed E-state index contributed by atoms with van der Waals surface area (Å²) in [5.74, 6) is -0.814. The molecule has 5 heteroatoms. The monoisotopic (exact) mass is 266 g/mol. The van der Waals surface area contributed by atoms with Crippen LogP contribution in [0.1, 0.15) is 39.0 Å². The number of carboxylic acids is 1. The van der Waals surface area contributed by atoms with E-state index in [1.807, 2.05) is 0 Å². The normalized spacial score (nSPS) is 31.0. The van der Waals surface area contributed by atoms with Gasteiger partial charge in [-0.1, -0.05) is 12.2 Å². The number of amides is 2. The highest BCUT2D eigenvalue weighted by atomic mass is 16.4. The minimum Gasteiger partial charge on any atom is -0.481 e. The predicted molar refractivity (Wildman–Crippen MR) is 71.9 cm³/mol. The van der Waals surface area contributed by atoms with Crippen LogP contribution >= 0.6 is 0 Å². The van der Waals surface area contributed by atoms with E-state index in [4.69, 9.17) is 0 Å². The molecule has 1 fully saturated rings. The van der Waals surface area contributed by atoms with Crippen LogP contribution < -0.4 is 5.32 Å². The zero-order chi connectivity index (χ0) is 13.9. The van der Waals surface area contributed by atoms with Crippen LogP contribution in [-0.4, -0.2) is 41.1 Å². The van der Waals surface area contributed by atoms with Crippen molar-refractivity contribution < 1.29 is 14.7 Å². The molecule has 2 N–H and O–H groups in total. The largest absolute Gasteiger partial charge is 0.481 e. The van der Waals surface area contributed by atoms with Crippen LogP contribution in [0.15, 0.2) is 12.2 Å². The Morgan fingerprint density at radius 1 is 1.42 bits per heavy atom. The van der Waals surface area contributed by atoms with Gasteiger partial charge in [0, 0.05) is 19.1 Å². The van der Waals surface area contributed by atoms with Crippen molar-refractivity contribution in [3.63, 3.8) is 0 Å². The van der Waals surface area contributed by atoms with Crippen LogP contribution in [0.2, 0.25) is 0 Å². The second kappa shape index (κ2) is 5.63. The fourth-order valence-corrected chi connectivity index (χ4v) is 2.78. The molecule has 2 amide bonds. The highest BCUT2D eigenvalue weighted by Crippen LogP contribution is 2.29. The lowest BCUT2D eigenvalue weighted by Crippen LogP contribution is -2.53. The maximum Gasteiger partial charge on any atom is 0.317 e. The lowest BCUT2D eigenvalue weighted by atomic mass is 9.82. The molecule has 0 aromatic rings. The van der Waals surface area contributed by atoms with E-state index in [1.54, 1.807) is 11.8 Å². The molecule has 0 saturated carbocycles. The van der Waals surface area contributed by atoms with E-state index in [0.29, 0.717) is 19.5 Å². The van der Waals surface area contributed by atoms with Crippen molar-refractivity contribution in [1.29, 1.82) is 0 Å². The molecule has 0 bridgehead atoms. The zero-order valence-electron chi connectivity index (χ0n) is 11.4. The lowest BCUT2D eigenvalue weighted by Gasteiger charge is -2.38. The van der Waals surface area contributed by atoms with Gasteiger partial charge in [0.25, 0.3) is 0 Å². The summed E-state index contributed by atoms with van der Waals surface area (Å²) in [4.78, 5) is 25.1. The van der Waals surface area contributed by atoms with Crippen LogP contribution in [-0.2, 0) is 4.79 Å². The molecule has 2 rings (SSSR count). The van der Waals surface area contributed by atoms with E-state index in [0.717, 1.165) is 25.7 Å². The number of nitrogens with zero attached hydrogens (tertiary/aromatic N) is 1. The molecule has 0 aromatic heterocycles. The topological polar surface area (TPSA) is 69.6 Å². The summed E-state index contributed by atoms with van der Waals surface area (Å²) >= 11 is 0. The number of hydrogen-bond donors (Lipinski definition) is 2. The third kappa shape index (κ3) is 3.28. The van der Waals surface area contributed by atoms with Crippen LogP contribution in [0.5, 0.6) is 0 Å². The van der Waals surface area contributed by atoms with Crippen molar-refractivity contribution in [3.8, 4) is 0 Å². The number of allylic oxidation sites excluding steroid dienone is 1. The van der Waals surface area contributed by atoms with E-state index in [2.05, 4.69) is 17.5 Å². The fraction of sp³-hybridized carbons (Fsp3) is 0.714. The van der Waals surface area contributed by atoms with Gasteiger partial charge in [0.15, 0.2) is 0 Å². The Balaban J connectivity index is 1.91. The maximum absolute atomic E-state index is 12.2. The predicted octanol–water partition coefficient (Wildman–Crippen LogP) is 1.99. The third-order valence-corrected chi connectivity index (χ3v) is 4.10. The van der Waals surface area contributed by atoms with Gasteiger partial charge in [-0.05, 0) is 39.0 Å². The number of aliphatic carboxylic acids is 1. The second-order valence-corrected chi connectivity index (χ2v) is 5.82. The minimum absolute atomic E-state index is 0.118. The Hall–Kier alpha value is -1.52. The number of piperidine rings is 1. The van der Waals surface area contributed by atoms with Crippen LogP contribution in [0.4, 0.5) is 4.79 Å². The van der Waals surface area contributed by atoms with Crippen molar-refractivity contribution in [3.05, 3.63) is 12.2 Å². The Labute approximate surface area is 113 Å². The number of urea groups is 1. The van der Waals surface area contributed by atoms with E-state index in [-0.39, 0.29) is 12.1 Å². The molecular weight excluding hydrogens is 244 g/mol. The minimum atomic E-state index is -0.814. The van der Waals surface area contributed by atoms with Crippen LogP contribution in [0, 0.1) is 5.41 Å². The van der Waals surface area contributed by atoms with Gasteiger partial charge in [-0.2, -0.15) is 0 Å². The third-order valence-electron chi connectivity index (χ3n) is 4.10. The average Bonchev–Trinajstić information content (AvgIpc) is 2.40. The van der Waals surface area contributed by atoms with Crippen molar-refractivity contribution in [2.24, 2.45) is 5.41 Å². The summed E-state index contributed by atoms with van der Waals surface area (Å²) in [6.07, 6.45) is 8.44. The first-order valence-corrected chi connectivity index (χ1v) is 6.95. The number of nitrogens with one attached hydrogen (secondary N) is 1. The molecule has 0 radical (unpaired) electrons. The fourth-order valence-electron chi connectivity index (χ4n) is 2.78. The van der Waals surface area contributed by atoms with E-state index >= 15 is 0 Å². The van der Waals surface area contributed by atoms with Gasteiger partial charge in [0.2, 0.25) is 0 Å². The van der Waals surface area contributed by atoms with Crippen molar-refractivity contribution >= 4 is 12.0 Å². The highest BCUT2D eigenvalue weighted by molar-refractivity contribution is 5.78. The molecule has 1 aliphatic heterocycles. The molecule has 1 aliphatic carbocycles. The number of carbonyl (C=O) groups excluding carboxylic acids is 1. The van der Waals surface area contributed by atoms with Crippen LogP contribution in [0.25, 0.3) is 0 Å². The Kier molecular flexibility index (Phi) is 4.12. The summed E-state index contributed by atoms with van der Waals surface area (Å²) in [7, 11) is 0. The Bertz CT molecular complexity index is 394. The second-order valence-electron chi connectivity index (χ2n) is 5.82. The standard InChI is InChI=1S/C14H22N2O3/c1-14(12(17)18)8-5-9-16(10-14)13(19)15-11-6-3-2-4-7-11/h2-3,11H,4-10H2,1H3,(H,15,19)(H,17,18). The summed E-state index contributed by atoms with van der Waals surface area (Å²) < 4.78 is 0. The van der Waals surface area contributed by atoms with Crippen LogP contribution in [0.3, 0.4) is 0 Å². The van der Waals surface area contributed by atoms with E-state index < -0.39 is 11.4 Å². The summed E-state index contributed by atoms with van der Waals surface area (Å²) in [6.45, 7) is 2.67. The quantitative estimate of drug-likeness (QED) is 0.751. The molecular formula is C14H22N2O3.